The van der Waals surface area contributed by atoms with Gasteiger partial charge in [0.05, 0.1) is 0 Å². The molecule has 5 rings (SSSR count). The lowest BCUT2D eigenvalue weighted by molar-refractivity contribution is 0.568. The van der Waals surface area contributed by atoms with Crippen LogP contribution in [0.4, 0.5) is 0 Å². The van der Waals surface area contributed by atoms with Crippen molar-refractivity contribution in [2.24, 2.45) is 0 Å². The van der Waals surface area contributed by atoms with Crippen LogP contribution in [0.25, 0.3) is 44.5 Å². The number of rotatable bonds is 4. The second-order valence-electron chi connectivity index (χ2n) is 17.3. The van der Waals surface area contributed by atoms with Crippen LogP contribution in [0.15, 0.2) is 109 Å². The van der Waals surface area contributed by atoms with Crippen molar-refractivity contribution in [1.29, 1.82) is 0 Å². The van der Waals surface area contributed by atoms with E-state index in [4.69, 9.17) is 0 Å². The Morgan fingerprint density at radius 2 is 0.370 bits per heavy atom. The Kier molecular flexibility index (Phi) is 8.76. The highest BCUT2D eigenvalue weighted by molar-refractivity contribution is 5.75. The van der Waals surface area contributed by atoms with Gasteiger partial charge in [0, 0.05) is 0 Å². The normalized spacial score (nSPS) is 12.8. The molecule has 0 unspecified atom stereocenters. The van der Waals surface area contributed by atoms with E-state index in [9.17, 15) is 0 Å². The smallest absolute Gasteiger partial charge is 0.0132 e. The SMILES string of the molecule is CC(C)(C)c1cc(-c2ccc(-c3ccc(-c4ccc(-c5cc(C(C)(C)C)cc(C(C)(C)C)c5)cc4)cc3)cc2)cc(C(C)(C)C)c1. The summed E-state index contributed by atoms with van der Waals surface area (Å²) in [5.41, 5.74) is 16.0. The Bertz CT molecular complexity index is 1600. The van der Waals surface area contributed by atoms with Crippen LogP contribution in [0.1, 0.15) is 105 Å². The van der Waals surface area contributed by atoms with E-state index in [-0.39, 0.29) is 21.7 Å². The molecule has 0 heterocycles. The van der Waals surface area contributed by atoms with Gasteiger partial charge in [-0.3, -0.25) is 0 Å². The molecule has 0 aliphatic rings. The molecule has 0 aliphatic heterocycles. The van der Waals surface area contributed by atoms with Gasteiger partial charge in [-0.25, -0.2) is 0 Å². The third-order valence-corrected chi connectivity index (χ3v) is 9.32. The van der Waals surface area contributed by atoms with Crippen LogP contribution >= 0.6 is 0 Å². The molecule has 0 fully saturated rings. The van der Waals surface area contributed by atoms with Crippen LogP contribution in [-0.2, 0) is 21.7 Å². The molecule has 0 radical (unpaired) electrons. The summed E-state index contributed by atoms with van der Waals surface area (Å²) in [5.74, 6) is 0. The summed E-state index contributed by atoms with van der Waals surface area (Å²) in [4.78, 5) is 0. The van der Waals surface area contributed by atoms with Gasteiger partial charge in [-0.15, -0.1) is 0 Å². The first-order valence-electron chi connectivity index (χ1n) is 16.9. The zero-order valence-electron chi connectivity index (χ0n) is 30.4. The Morgan fingerprint density at radius 1 is 0.217 bits per heavy atom. The molecule has 0 aromatic heterocycles. The monoisotopic (exact) mass is 606 g/mol. The lowest BCUT2D eigenvalue weighted by Gasteiger charge is -2.26. The fourth-order valence-corrected chi connectivity index (χ4v) is 5.89. The van der Waals surface area contributed by atoms with E-state index >= 15 is 0 Å². The molecule has 0 N–H and O–H groups in total. The highest BCUT2D eigenvalue weighted by atomic mass is 14.3. The van der Waals surface area contributed by atoms with Crippen LogP contribution in [0.3, 0.4) is 0 Å². The van der Waals surface area contributed by atoms with Gasteiger partial charge in [0.25, 0.3) is 0 Å². The van der Waals surface area contributed by atoms with Crippen molar-refractivity contribution in [3.8, 4) is 44.5 Å². The third kappa shape index (κ3) is 7.55. The zero-order chi connectivity index (χ0) is 33.7. The highest BCUT2D eigenvalue weighted by Gasteiger charge is 2.22. The van der Waals surface area contributed by atoms with Crippen LogP contribution in [0.5, 0.6) is 0 Å². The summed E-state index contributed by atoms with van der Waals surface area (Å²) in [6.07, 6.45) is 0. The molecule has 5 aromatic carbocycles. The predicted molar refractivity (Wildman–Crippen MR) is 203 cm³/mol. The van der Waals surface area contributed by atoms with Crippen molar-refractivity contribution in [2.75, 3.05) is 0 Å². The Morgan fingerprint density at radius 3 is 0.522 bits per heavy atom. The molecule has 0 nitrogen and oxygen atoms in total. The quantitative estimate of drug-likeness (QED) is 0.191. The van der Waals surface area contributed by atoms with Gasteiger partial charge in [0.2, 0.25) is 0 Å². The maximum absolute atomic E-state index is 2.39. The Hall–Kier alpha value is -3.90. The fraction of sp³-hybridized carbons (Fsp3) is 0.348. The van der Waals surface area contributed by atoms with Gasteiger partial charge in [0.15, 0.2) is 0 Å². The van der Waals surface area contributed by atoms with E-state index in [1.54, 1.807) is 0 Å². The molecule has 5 aromatic rings. The molecule has 0 heteroatoms. The second kappa shape index (κ2) is 12.0. The van der Waals surface area contributed by atoms with Crippen LogP contribution in [-0.4, -0.2) is 0 Å². The van der Waals surface area contributed by atoms with Crippen LogP contribution in [0, 0.1) is 0 Å². The highest BCUT2D eigenvalue weighted by Crippen LogP contribution is 2.37. The van der Waals surface area contributed by atoms with Gasteiger partial charge in [0.1, 0.15) is 0 Å². The molecule has 0 atom stereocenters. The van der Waals surface area contributed by atoms with Crippen LogP contribution in [0.2, 0.25) is 0 Å². The molecular formula is C46H54. The minimum absolute atomic E-state index is 0.102. The molecule has 0 bridgehead atoms. The van der Waals surface area contributed by atoms with Crippen molar-refractivity contribution >= 4 is 0 Å². The fourth-order valence-electron chi connectivity index (χ4n) is 5.89. The van der Waals surface area contributed by atoms with Gasteiger partial charge < -0.3 is 0 Å². The van der Waals surface area contributed by atoms with Crippen molar-refractivity contribution in [3.63, 3.8) is 0 Å². The molecule has 0 amide bonds. The van der Waals surface area contributed by atoms with Gasteiger partial charge >= 0.3 is 0 Å². The average molecular weight is 607 g/mol. The van der Waals surface area contributed by atoms with E-state index in [2.05, 4.69) is 192 Å². The first-order valence-corrected chi connectivity index (χ1v) is 16.9. The standard InChI is InChI=1S/C46H54/c1-43(2,3)39-25-37(26-40(29-39)44(4,5)6)35-21-17-33(18-22-35)31-13-15-32(16-14-31)34-19-23-36(24-20-34)38-27-41(45(7,8)9)30-42(28-38)46(10,11)12/h13-30H,1-12H3. The third-order valence-electron chi connectivity index (χ3n) is 9.32. The lowest BCUT2D eigenvalue weighted by Crippen LogP contribution is -2.16. The molecule has 0 spiro atoms. The summed E-state index contributed by atoms with van der Waals surface area (Å²) in [6.45, 7) is 27.6. The largest absolute Gasteiger partial charge is 0.0561 e. The summed E-state index contributed by atoms with van der Waals surface area (Å²) < 4.78 is 0. The minimum Gasteiger partial charge on any atom is -0.0561 e. The van der Waals surface area contributed by atoms with E-state index in [1.807, 2.05) is 0 Å². The summed E-state index contributed by atoms with van der Waals surface area (Å²) >= 11 is 0. The topological polar surface area (TPSA) is 0 Å². The maximum atomic E-state index is 2.39. The summed E-state index contributed by atoms with van der Waals surface area (Å²) in [7, 11) is 0. The lowest BCUT2D eigenvalue weighted by atomic mass is 9.79. The van der Waals surface area contributed by atoms with E-state index in [0.717, 1.165) is 0 Å². The van der Waals surface area contributed by atoms with E-state index < -0.39 is 0 Å². The molecule has 46 heavy (non-hydrogen) atoms. The molecule has 0 aliphatic carbocycles. The zero-order valence-corrected chi connectivity index (χ0v) is 30.4. The average Bonchev–Trinajstić information content (AvgIpc) is 2.99. The van der Waals surface area contributed by atoms with Gasteiger partial charge in [-0.2, -0.15) is 0 Å². The van der Waals surface area contributed by atoms with Gasteiger partial charge in [-0.1, -0.05) is 192 Å². The first kappa shape index (κ1) is 33.5. The number of benzene rings is 5. The van der Waals surface area contributed by atoms with Crippen molar-refractivity contribution in [1.82, 2.24) is 0 Å². The summed E-state index contributed by atoms with van der Waals surface area (Å²) in [6, 6.07) is 41.4. The van der Waals surface area contributed by atoms with E-state index in [0.29, 0.717) is 0 Å². The van der Waals surface area contributed by atoms with Gasteiger partial charge in [-0.05, 0) is 88.4 Å². The van der Waals surface area contributed by atoms with Crippen molar-refractivity contribution in [2.45, 2.75) is 105 Å². The minimum atomic E-state index is 0.102. The summed E-state index contributed by atoms with van der Waals surface area (Å²) in [5, 5.41) is 0. The van der Waals surface area contributed by atoms with Crippen molar-refractivity contribution in [3.05, 3.63) is 131 Å². The Balaban J connectivity index is 1.38. The molecule has 238 valence electrons. The predicted octanol–water partition coefficient (Wildman–Crippen LogP) is 13.5. The van der Waals surface area contributed by atoms with Crippen molar-refractivity contribution < 1.29 is 0 Å². The number of hydrogen-bond acceptors (Lipinski definition) is 0. The van der Waals surface area contributed by atoms with Crippen LogP contribution < -0.4 is 0 Å². The number of hydrogen-bond donors (Lipinski definition) is 0. The molecular weight excluding hydrogens is 553 g/mol. The second-order valence-corrected chi connectivity index (χ2v) is 17.3. The maximum Gasteiger partial charge on any atom is -0.0132 e. The molecule has 0 saturated heterocycles. The molecule has 0 saturated carbocycles. The van der Waals surface area contributed by atoms with E-state index in [1.165, 1.54) is 66.8 Å². The Labute approximate surface area is 279 Å². The first-order chi connectivity index (χ1) is 21.3.